The van der Waals surface area contributed by atoms with Gasteiger partial charge >= 0.3 is 0 Å². The predicted octanol–water partition coefficient (Wildman–Crippen LogP) is 2.83. The van der Waals surface area contributed by atoms with Gasteiger partial charge < -0.3 is 5.73 Å². The minimum Gasteiger partial charge on any atom is -0.370 e. The molecular weight excluding hydrogens is 319 g/mol. The summed E-state index contributed by atoms with van der Waals surface area (Å²) >= 11 is 13.0. The third-order valence-electron chi connectivity index (χ3n) is 3.52. The summed E-state index contributed by atoms with van der Waals surface area (Å²) in [6, 6.07) is 1.62. The fourth-order valence-electron chi connectivity index (χ4n) is 2.45. The molecule has 0 radical (unpaired) electrons. The monoisotopic (exact) mass is 334 g/mol. The standard InChI is InChI=1S/C13H16Cl2N2O2S/c14-11-6-9(13(15)20-11)10(18)7-17-3-1-8(2-4-17)5-12(16)19/h6,8H,1-5,7H2,(H2,16,19). The minimum atomic E-state index is -0.251. The Bertz CT molecular complexity index is 510. The van der Waals surface area contributed by atoms with Crippen molar-refractivity contribution in [2.45, 2.75) is 19.3 Å². The summed E-state index contributed by atoms with van der Waals surface area (Å²) in [6.45, 7) is 1.95. The molecule has 1 amide bonds. The summed E-state index contributed by atoms with van der Waals surface area (Å²) in [5.74, 6) is 0.0868. The molecule has 1 aliphatic rings. The third kappa shape index (κ3) is 4.19. The van der Waals surface area contributed by atoms with E-state index in [1.54, 1.807) is 6.07 Å². The largest absolute Gasteiger partial charge is 0.370 e. The Kier molecular flexibility index (Phi) is 5.43. The highest BCUT2D eigenvalue weighted by Gasteiger charge is 2.23. The highest BCUT2D eigenvalue weighted by atomic mass is 35.5. The molecule has 2 heterocycles. The molecule has 0 aliphatic carbocycles. The van der Waals surface area contributed by atoms with E-state index in [4.69, 9.17) is 28.9 Å². The molecule has 4 nitrogen and oxygen atoms in total. The molecule has 1 saturated heterocycles. The molecule has 110 valence electrons. The van der Waals surface area contributed by atoms with Crippen LogP contribution in [0.4, 0.5) is 0 Å². The number of thiophene rings is 1. The summed E-state index contributed by atoms with van der Waals surface area (Å²) in [7, 11) is 0. The molecule has 0 atom stereocenters. The number of amides is 1. The number of Topliss-reactive ketones (excluding diaryl/α,β-unsaturated/α-hetero) is 1. The maximum atomic E-state index is 12.2. The molecule has 1 fully saturated rings. The predicted molar refractivity (Wildman–Crippen MR) is 81.6 cm³/mol. The van der Waals surface area contributed by atoms with E-state index in [0.29, 0.717) is 33.1 Å². The van der Waals surface area contributed by atoms with Crippen LogP contribution in [0.2, 0.25) is 8.67 Å². The number of piperidine rings is 1. The van der Waals surface area contributed by atoms with Crippen molar-refractivity contribution in [3.63, 3.8) is 0 Å². The second-order valence-corrected chi connectivity index (χ2v) is 7.34. The van der Waals surface area contributed by atoms with Gasteiger partial charge in [-0.1, -0.05) is 23.2 Å². The zero-order chi connectivity index (χ0) is 14.7. The zero-order valence-electron chi connectivity index (χ0n) is 10.9. The molecule has 1 aromatic rings. The van der Waals surface area contributed by atoms with Gasteiger partial charge in [0.25, 0.3) is 0 Å². The molecule has 1 aromatic heterocycles. The molecule has 0 aromatic carbocycles. The van der Waals surface area contributed by atoms with Gasteiger partial charge in [-0.2, -0.15) is 0 Å². The Morgan fingerprint density at radius 1 is 1.35 bits per heavy atom. The van der Waals surface area contributed by atoms with E-state index in [-0.39, 0.29) is 11.7 Å². The number of ketones is 1. The van der Waals surface area contributed by atoms with Gasteiger partial charge in [0.15, 0.2) is 5.78 Å². The van der Waals surface area contributed by atoms with Crippen LogP contribution < -0.4 is 5.73 Å². The van der Waals surface area contributed by atoms with Crippen molar-refractivity contribution < 1.29 is 9.59 Å². The summed E-state index contributed by atoms with van der Waals surface area (Å²) < 4.78 is 0.974. The molecule has 20 heavy (non-hydrogen) atoms. The first kappa shape index (κ1) is 15.8. The van der Waals surface area contributed by atoms with Crippen LogP contribution in [0, 0.1) is 5.92 Å². The van der Waals surface area contributed by atoms with Crippen molar-refractivity contribution >= 4 is 46.2 Å². The summed E-state index contributed by atoms with van der Waals surface area (Å²) in [4.78, 5) is 25.1. The lowest BCUT2D eigenvalue weighted by atomic mass is 9.93. The maximum Gasteiger partial charge on any atom is 0.217 e. The fraction of sp³-hybridized carbons (Fsp3) is 0.538. The summed E-state index contributed by atoms with van der Waals surface area (Å²) in [6.07, 6.45) is 2.23. The Morgan fingerprint density at radius 3 is 2.50 bits per heavy atom. The van der Waals surface area contributed by atoms with Crippen LogP contribution in [0.15, 0.2) is 6.07 Å². The molecule has 0 unspecified atom stereocenters. The molecule has 0 bridgehead atoms. The molecule has 1 aliphatic heterocycles. The van der Waals surface area contributed by atoms with Crippen molar-refractivity contribution in [1.82, 2.24) is 4.90 Å². The fourth-order valence-corrected chi connectivity index (χ4v) is 3.95. The summed E-state index contributed by atoms with van der Waals surface area (Å²) in [5, 5.41) is 0. The van der Waals surface area contributed by atoms with Crippen LogP contribution in [0.5, 0.6) is 0 Å². The van der Waals surface area contributed by atoms with E-state index in [0.717, 1.165) is 25.9 Å². The van der Waals surface area contributed by atoms with Gasteiger partial charge in [-0.3, -0.25) is 14.5 Å². The van der Waals surface area contributed by atoms with Gasteiger partial charge in [0.05, 0.1) is 16.4 Å². The van der Waals surface area contributed by atoms with Gasteiger partial charge in [0.1, 0.15) is 4.34 Å². The van der Waals surface area contributed by atoms with Gasteiger partial charge in [-0.25, -0.2) is 0 Å². The molecule has 0 saturated carbocycles. The molecule has 0 spiro atoms. The zero-order valence-corrected chi connectivity index (χ0v) is 13.2. The number of nitrogens with two attached hydrogens (primary N) is 1. The van der Waals surface area contributed by atoms with Crippen LogP contribution in [0.3, 0.4) is 0 Å². The van der Waals surface area contributed by atoms with Crippen molar-refractivity contribution in [3.8, 4) is 0 Å². The van der Waals surface area contributed by atoms with Crippen molar-refractivity contribution in [1.29, 1.82) is 0 Å². The van der Waals surface area contributed by atoms with Gasteiger partial charge in [0, 0.05) is 6.42 Å². The molecule has 2 N–H and O–H groups in total. The van der Waals surface area contributed by atoms with E-state index in [2.05, 4.69) is 4.90 Å². The topological polar surface area (TPSA) is 63.4 Å². The van der Waals surface area contributed by atoms with E-state index < -0.39 is 0 Å². The Labute approximate surface area is 131 Å². The quantitative estimate of drug-likeness (QED) is 0.842. The normalized spacial score (nSPS) is 17.3. The number of primary amides is 1. The molecule has 7 heteroatoms. The van der Waals surface area contributed by atoms with Gasteiger partial charge in [-0.05, 0) is 37.9 Å². The number of carbonyl (C=O) groups excluding carboxylic acids is 2. The van der Waals surface area contributed by atoms with Crippen LogP contribution in [0.25, 0.3) is 0 Å². The number of likely N-dealkylation sites (tertiary alicyclic amines) is 1. The van der Waals surface area contributed by atoms with Crippen molar-refractivity contribution in [2.75, 3.05) is 19.6 Å². The molecular formula is C13H16Cl2N2O2S. The average molecular weight is 335 g/mol. The van der Waals surface area contributed by atoms with E-state index in [9.17, 15) is 9.59 Å². The second kappa shape index (κ2) is 6.89. The maximum absolute atomic E-state index is 12.2. The lowest BCUT2D eigenvalue weighted by molar-refractivity contribution is -0.119. The van der Waals surface area contributed by atoms with Gasteiger partial charge in [0.2, 0.25) is 5.91 Å². The second-order valence-electron chi connectivity index (χ2n) is 5.05. The first-order valence-electron chi connectivity index (χ1n) is 6.44. The highest BCUT2D eigenvalue weighted by Crippen LogP contribution is 2.31. The van der Waals surface area contributed by atoms with Crippen LogP contribution in [0.1, 0.15) is 29.6 Å². The number of rotatable bonds is 5. The number of halogens is 2. The summed E-state index contributed by atoms with van der Waals surface area (Å²) in [5.41, 5.74) is 5.70. The van der Waals surface area contributed by atoms with E-state index in [1.165, 1.54) is 11.3 Å². The number of carbonyl (C=O) groups is 2. The van der Waals surface area contributed by atoms with Crippen LogP contribution >= 0.6 is 34.5 Å². The smallest absolute Gasteiger partial charge is 0.217 e. The van der Waals surface area contributed by atoms with Crippen molar-refractivity contribution in [2.24, 2.45) is 11.7 Å². The Balaban J connectivity index is 1.85. The van der Waals surface area contributed by atoms with Crippen LogP contribution in [-0.2, 0) is 4.79 Å². The average Bonchev–Trinajstić information content (AvgIpc) is 2.70. The van der Waals surface area contributed by atoms with E-state index in [1.807, 2.05) is 0 Å². The van der Waals surface area contributed by atoms with E-state index >= 15 is 0 Å². The lowest BCUT2D eigenvalue weighted by Gasteiger charge is -2.30. The van der Waals surface area contributed by atoms with Crippen LogP contribution in [-0.4, -0.2) is 36.2 Å². The van der Waals surface area contributed by atoms with Crippen molar-refractivity contribution in [3.05, 3.63) is 20.3 Å². The number of nitrogens with zero attached hydrogens (tertiary/aromatic N) is 1. The lowest BCUT2D eigenvalue weighted by Crippen LogP contribution is -2.38. The first-order chi connectivity index (χ1) is 9.45. The first-order valence-corrected chi connectivity index (χ1v) is 8.01. The number of hydrogen-bond donors (Lipinski definition) is 1. The Hall–Kier alpha value is -0.620. The SMILES string of the molecule is NC(=O)CC1CCN(CC(=O)c2cc(Cl)sc2Cl)CC1. The number of hydrogen-bond acceptors (Lipinski definition) is 4. The van der Waals surface area contributed by atoms with Gasteiger partial charge in [-0.15, -0.1) is 11.3 Å². The minimum absolute atomic E-state index is 0.00787. The highest BCUT2D eigenvalue weighted by molar-refractivity contribution is 7.20. The third-order valence-corrected chi connectivity index (χ3v) is 5.01. The molecule has 2 rings (SSSR count). The Morgan fingerprint density at radius 2 is 2.00 bits per heavy atom.